The molecule has 0 radical (unpaired) electrons. The van der Waals surface area contributed by atoms with Crippen LogP contribution in [0.3, 0.4) is 0 Å². The van der Waals surface area contributed by atoms with Gasteiger partial charge in [-0.1, -0.05) is 17.7 Å². The quantitative estimate of drug-likeness (QED) is 0.845. The van der Waals surface area contributed by atoms with Crippen LogP contribution in [0.4, 0.5) is 5.69 Å². The van der Waals surface area contributed by atoms with Crippen LogP contribution in [-0.4, -0.2) is 36.0 Å². The van der Waals surface area contributed by atoms with Crippen molar-refractivity contribution in [3.8, 4) is 0 Å². The number of carbonyl (C=O) groups excluding carboxylic acids is 1. The lowest BCUT2D eigenvalue weighted by Gasteiger charge is -2.44. The van der Waals surface area contributed by atoms with E-state index in [0.29, 0.717) is 11.6 Å². The molecule has 1 amide bonds. The summed E-state index contributed by atoms with van der Waals surface area (Å²) in [5.74, 6) is -0.127. The Labute approximate surface area is 146 Å². The summed E-state index contributed by atoms with van der Waals surface area (Å²) in [6, 6.07) is 5.70. The minimum Gasteiger partial charge on any atom is -0.366 e. The average molecular weight is 349 g/mol. The van der Waals surface area contributed by atoms with Crippen LogP contribution in [0.2, 0.25) is 5.02 Å². The summed E-state index contributed by atoms with van der Waals surface area (Å²) in [5, 5.41) is 0.657. The van der Waals surface area contributed by atoms with Crippen molar-refractivity contribution in [2.45, 2.75) is 50.2 Å². The zero-order valence-corrected chi connectivity index (χ0v) is 14.5. The Morgan fingerprint density at radius 1 is 1.42 bits per heavy atom. The van der Waals surface area contributed by atoms with Crippen LogP contribution >= 0.6 is 11.6 Å². The van der Waals surface area contributed by atoms with Crippen LogP contribution in [0.25, 0.3) is 0 Å². The first kappa shape index (κ1) is 15.1. The number of halogens is 1. The monoisotopic (exact) mass is 348 g/mol. The fourth-order valence-corrected chi connectivity index (χ4v) is 5.69. The van der Waals surface area contributed by atoms with E-state index < -0.39 is 11.2 Å². The van der Waals surface area contributed by atoms with Crippen molar-refractivity contribution < 1.29 is 14.3 Å². The van der Waals surface area contributed by atoms with Crippen LogP contribution in [0, 0.1) is 18.8 Å². The number of carbonyl (C=O) groups is 1. The largest absolute Gasteiger partial charge is 0.366 e. The molecule has 2 bridgehead atoms. The number of rotatable bonds is 1. The maximum atomic E-state index is 13.3. The zero-order valence-electron chi connectivity index (χ0n) is 13.8. The molecular weight excluding hydrogens is 328 g/mol. The number of hydrogen-bond acceptors (Lipinski definition) is 4. The van der Waals surface area contributed by atoms with Crippen LogP contribution in [0.15, 0.2) is 18.2 Å². The van der Waals surface area contributed by atoms with Gasteiger partial charge in [0.1, 0.15) is 6.23 Å². The Bertz CT molecular complexity index is 756. The molecule has 1 aromatic carbocycles. The number of ether oxygens (including phenoxy) is 2. The number of nitrogens with zero attached hydrogens (tertiary/aromatic N) is 1. The third-order valence-electron chi connectivity index (χ3n) is 6.54. The van der Waals surface area contributed by atoms with Crippen molar-refractivity contribution in [1.82, 2.24) is 0 Å². The molecule has 4 aliphatic heterocycles. The van der Waals surface area contributed by atoms with E-state index in [4.69, 9.17) is 26.8 Å². The minimum absolute atomic E-state index is 0.00687. The Balaban J connectivity index is 1.63. The van der Waals surface area contributed by atoms with E-state index >= 15 is 0 Å². The first-order valence-electron chi connectivity index (χ1n) is 8.54. The standard InChI is InChI=1S/C18H21ClN2O3/c1-9-3-4-10(7-11(9)19)21-15(22)13-14-16(21)23-6-5-18(14)12(20)8-17(13,2)24-18/h3-4,7,12-14,16H,5-6,8,20H2,1-2H3/t12-,13+,14-,16-,17+,18-/m0/s1. The molecule has 5 nitrogen and oxygen atoms in total. The Morgan fingerprint density at radius 3 is 2.96 bits per heavy atom. The van der Waals surface area contributed by atoms with Gasteiger partial charge in [0.15, 0.2) is 0 Å². The van der Waals surface area contributed by atoms with Gasteiger partial charge in [-0.3, -0.25) is 9.69 Å². The topological polar surface area (TPSA) is 64.8 Å². The SMILES string of the molecule is Cc1ccc(N2C(=O)[C@H]3[C@H]4[C@@H]2OCC[C@@]42O[C@]3(C)C[C@@H]2N)cc1Cl. The molecule has 0 aromatic heterocycles. The third kappa shape index (κ3) is 1.59. The maximum absolute atomic E-state index is 13.3. The van der Waals surface area contributed by atoms with Crippen LogP contribution in [0.5, 0.6) is 0 Å². The van der Waals surface area contributed by atoms with Gasteiger partial charge in [0.25, 0.3) is 0 Å². The van der Waals surface area contributed by atoms with Crippen LogP contribution in [0.1, 0.15) is 25.3 Å². The highest BCUT2D eigenvalue weighted by molar-refractivity contribution is 6.31. The summed E-state index contributed by atoms with van der Waals surface area (Å²) < 4.78 is 12.5. The normalized spacial score (nSPS) is 45.8. The average Bonchev–Trinajstić information content (AvgIpc) is 3.07. The van der Waals surface area contributed by atoms with Crippen molar-refractivity contribution in [2.75, 3.05) is 11.5 Å². The molecular formula is C18H21ClN2O3. The van der Waals surface area contributed by atoms with Crippen molar-refractivity contribution in [3.63, 3.8) is 0 Å². The molecule has 4 saturated heterocycles. The zero-order chi connectivity index (χ0) is 16.9. The Kier molecular flexibility index (Phi) is 2.85. The van der Waals surface area contributed by atoms with Gasteiger partial charge in [-0.15, -0.1) is 0 Å². The molecule has 2 N–H and O–H groups in total. The molecule has 128 valence electrons. The van der Waals surface area contributed by atoms with E-state index in [2.05, 4.69) is 0 Å². The second-order valence-corrected chi connectivity index (χ2v) is 8.24. The van der Waals surface area contributed by atoms with E-state index in [0.717, 1.165) is 24.1 Å². The highest BCUT2D eigenvalue weighted by Gasteiger charge is 2.77. The molecule has 4 fully saturated rings. The van der Waals surface area contributed by atoms with Gasteiger partial charge < -0.3 is 15.2 Å². The molecule has 4 aliphatic rings. The third-order valence-corrected chi connectivity index (χ3v) is 6.94. The predicted octanol–water partition coefficient (Wildman–Crippen LogP) is 2.23. The van der Waals surface area contributed by atoms with Gasteiger partial charge in [-0.05, 0) is 38.0 Å². The highest BCUT2D eigenvalue weighted by atomic mass is 35.5. The molecule has 0 unspecified atom stereocenters. The summed E-state index contributed by atoms with van der Waals surface area (Å²) in [6.45, 7) is 4.54. The van der Waals surface area contributed by atoms with Gasteiger partial charge >= 0.3 is 0 Å². The summed E-state index contributed by atoms with van der Waals surface area (Å²) >= 11 is 6.29. The van der Waals surface area contributed by atoms with E-state index in [1.54, 1.807) is 4.90 Å². The van der Waals surface area contributed by atoms with Gasteiger partial charge in [0.2, 0.25) is 5.91 Å². The second-order valence-electron chi connectivity index (χ2n) is 7.84. The van der Waals surface area contributed by atoms with Gasteiger partial charge in [-0.25, -0.2) is 0 Å². The second kappa shape index (κ2) is 4.52. The highest BCUT2D eigenvalue weighted by Crippen LogP contribution is 2.64. The summed E-state index contributed by atoms with van der Waals surface area (Å²) in [6.07, 6.45) is 1.18. The number of amides is 1. The molecule has 0 aliphatic carbocycles. The van der Waals surface area contributed by atoms with Crippen LogP contribution < -0.4 is 10.6 Å². The molecule has 4 heterocycles. The van der Waals surface area contributed by atoms with E-state index in [1.807, 2.05) is 32.0 Å². The first-order chi connectivity index (χ1) is 11.4. The molecule has 6 heteroatoms. The van der Waals surface area contributed by atoms with E-state index in [1.165, 1.54) is 0 Å². The van der Waals surface area contributed by atoms with Crippen molar-refractivity contribution in [3.05, 3.63) is 28.8 Å². The number of nitrogens with two attached hydrogens (primary N) is 1. The smallest absolute Gasteiger partial charge is 0.235 e. The first-order valence-corrected chi connectivity index (χ1v) is 8.92. The predicted molar refractivity (Wildman–Crippen MR) is 89.8 cm³/mol. The number of fused-ring (bicyclic) bond motifs is 2. The van der Waals surface area contributed by atoms with Gasteiger partial charge in [0.05, 0.1) is 23.7 Å². The number of aryl methyl sites for hydroxylation is 1. The summed E-state index contributed by atoms with van der Waals surface area (Å²) in [7, 11) is 0. The summed E-state index contributed by atoms with van der Waals surface area (Å²) in [4.78, 5) is 15.1. The molecule has 6 atom stereocenters. The fourth-order valence-electron chi connectivity index (χ4n) is 5.51. The van der Waals surface area contributed by atoms with Crippen molar-refractivity contribution >= 4 is 23.2 Å². The van der Waals surface area contributed by atoms with Crippen molar-refractivity contribution in [2.24, 2.45) is 17.6 Å². The molecule has 0 saturated carbocycles. The summed E-state index contributed by atoms with van der Waals surface area (Å²) in [5.41, 5.74) is 7.31. The van der Waals surface area contributed by atoms with Gasteiger partial charge in [-0.2, -0.15) is 0 Å². The number of hydrogen-bond donors (Lipinski definition) is 1. The van der Waals surface area contributed by atoms with Gasteiger partial charge in [0, 0.05) is 29.1 Å². The van der Waals surface area contributed by atoms with E-state index in [-0.39, 0.29) is 30.0 Å². The number of benzene rings is 1. The Hall–Kier alpha value is -1.14. The maximum Gasteiger partial charge on any atom is 0.235 e. The Morgan fingerprint density at radius 2 is 2.21 bits per heavy atom. The molecule has 1 aromatic rings. The molecule has 24 heavy (non-hydrogen) atoms. The fraction of sp³-hybridized carbons (Fsp3) is 0.611. The van der Waals surface area contributed by atoms with Crippen molar-refractivity contribution in [1.29, 1.82) is 0 Å². The lowest BCUT2D eigenvalue weighted by atomic mass is 9.64. The molecule has 5 rings (SSSR count). The minimum atomic E-state index is -0.490. The van der Waals surface area contributed by atoms with Crippen LogP contribution in [-0.2, 0) is 14.3 Å². The molecule has 1 spiro atoms. The lowest BCUT2D eigenvalue weighted by Crippen LogP contribution is -2.59. The lowest BCUT2D eigenvalue weighted by molar-refractivity contribution is -0.142. The van der Waals surface area contributed by atoms with E-state index in [9.17, 15) is 4.79 Å². The number of anilines is 1.